The number of anilines is 2. The van der Waals surface area contributed by atoms with E-state index in [2.05, 4.69) is 5.32 Å². The number of benzene rings is 4. The molecule has 0 spiro atoms. The quantitative estimate of drug-likeness (QED) is 0.111. The first-order valence-electron chi connectivity index (χ1n) is 14.3. The Kier molecular flexibility index (Phi) is 8.47. The molecular weight excluding hydrogens is 588 g/mol. The molecule has 4 aromatic carbocycles. The lowest BCUT2D eigenvalue weighted by molar-refractivity contribution is -0.121. The van der Waals surface area contributed by atoms with Crippen LogP contribution in [0.3, 0.4) is 0 Å². The predicted molar refractivity (Wildman–Crippen MR) is 172 cm³/mol. The van der Waals surface area contributed by atoms with Crippen LogP contribution in [0.1, 0.15) is 60.8 Å². The van der Waals surface area contributed by atoms with Crippen LogP contribution in [-0.2, 0) is 9.53 Å². The number of likely N-dealkylation sites (N-methyl/N-ethyl adjacent to an activating group) is 1. The fraction of sp³-hybridized carbons (Fsp3) is 0.194. The van der Waals surface area contributed by atoms with Gasteiger partial charge in [-0.05, 0) is 62.7 Å². The molecule has 1 N–H and O–H groups in total. The molecule has 4 aromatic rings. The normalized spacial score (nSPS) is 13.3. The zero-order valence-electron chi connectivity index (χ0n) is 26.2. The van der Waals surface area contributed by atoms with Crippen LogP contribution >= 0.6 is 0 Å². The number of nitrogens with one attached hydrogen (secondary N) is 1. The van der Waals surface area contributed by atoms with Gasteiger partial charge in [0, 0.05) is 24.2 Å². The van der Waals surface area contributed by atoms with Gasteiger partial charge in [-0.25, -0.2) is 9.59 Å². The van der Waals surface area contributed by atoms with Gasteiger partial charge < -0.3 is 24.4 Å². The molecule has 0 radical (unpaired) electrons. The van der Waals surface area contributed by atoms with Crippen LogP contribution < -0.4 is 19.7 Å². The average Bonchev–Trinajstić information content (AvgIpc) is 3.06. The number of methoxy groups -OCH3 is 2. The lowest BCUT2D eigenvalue weighted by Gasteiger charge is -2.39. The molecule has 0 fully saturated rings. The maximum absolute atomic E-state index is 14.1. The molecule has 0 aliphatic carbocycles. The predicted octanol–water partition coefficient (Wildman–Crippen LogP) is 5.91. The monoisotopic (exact) mass is 620 g/mol. The summed E-state index contributed by atoms with van der Waals surface area (Å²) in [4.78, 5) is 67.3. The first kappa shape index (κ1) is 31.6. The van der Waals surface area contributed by atoms with E-state index in [9.17, 15) is 24.0 Å². The number of carbonyl (C=O) groups is 5. The van der Waals surface area contributed by atoms with E-state index in [-0.39, 0.29) is 45.3 Å². The zero-order valence-corrected chi connectivity index (χ0v) is 26.2. The maximum Gasteiger partial charge on any atom is 0.343 e. The summed E-state index contributed by atoms with van der Waals surface area (Å²) >= 11 is 0. The van der Waals surface area contributed by atoms with Crippen LogP contribution in [0.5, 0.6) is 11.5 Å². The van der Waals surface area contributed by atoms with E-state index in [0.717, 1.165) is 5.56 Å². The van der Waals surface area contributed by atoms with Gasteiger partial charge in [0.25, 0.3) is 5.91 Å². The van der Waals surface area contributed by atoms with Crippen LogP contribution in [0.4, 0.5) is 11.4 Å². The average molecular weight is 621 g/mol. The van der Waals surface area contributed by atoms with E-state index in [0.29, 0.717) is 16.8 Å². The SMILES string of the molecule is COC(=O)c1cccc(C(=O)Oc2ccc(-c3ccc4c(c3C(=O)C(=O)c3ccc(C)cc3)N(C)C(=O)C(C)(C)N4)c(OC)c2)c1. The van der Waals surface area contributed by atoms with Crippen LogP contribution in [0.2, 0.25) is 0 Å². The molecule has 46 heavy (non-hydrogen) atoms. The van der Waals surface area contributed by atoms with Crippen molar-refractivity contribution in [3.63, 3.8) is 0 Å². The van der Waals surface area contributed by atoms with Crippen molar-refractivity contribution >= 4 is 40.8 Å². The van der Waals surface area contributed by atoms with E-state index in [1.54, 1.807) is 63.4 Å². The third-order valence-electron chi connectivity index (χ3n) is 7.74. The number of Topliss-reactive ketones (excluding diaryl/α,β-unsaturated/α-hetero) is 2. The number of hydrogen-bond donors (Lipinski definition) is 1. The molecule has 0 saturated heterocycles. The molecule has 1 aliphatic rings. The zero-order chi connectivity index (χ0) is 33.3. The van der Waals surface area contributed by atoms with Crippen LogP contribution in [-0.4, -0.2) is 56.2 Å². The Bertz CT molecular complexity index is 1910. The fourth-order valence-electron chi connectivity index (χ4n) is 5.37. The molecule has 0 atom stereocenters. The second kappa shape index (κ2) is 12.3. The van der Waals surface area contributed by atoms with Crippen LogP contribution in [0.15, 0.2) is 78.9 Å². The van der Waals surface area contributed by atoms with E-state index in [1.165, 1.54) is 55.5 Å². The molecule has 5 rings (SSSR count). The summed E-state index contributed by atoms with van der Waals surface area (Å²) in [6, 6.07) is 20.6. The number of aryl methyl sites for hydroxylation is 1. The number of nitrogens with zero attached hydrogens (tertiary/aromatic N) is 1. The molecule has 0 unspecified atom stereocenters. The first-order valence-corrected chi connectivity index (χ1v) is 14.3. The molecule has 1 aliphatic heterocycles. The Labute approximate surface area is 265 Å². The highest BCUT2D eigenvalue weighted by Crippen LogP contribution is 2.45. The molecule has 1 amide bonds. The Morgan fingerprint density at radius 2 is 1.41 bits per heavy atom. The second-order valence-electron chi connectivity index (χ2n) is 11.3. The number of amides is 1. The van der Waals surface area contributed by atoms with Gasteiger partial charge in [-0.3, -0.25) is 14.4 Å². The summed E-state index contributed by atoms with van der Waals surface area (Å²) < 4.78 is 16.0. The summed E-state index contributed by atoms with van der Waals surface area (Å²) in [6.07, 6.45) is 0. The van der Waals surface area contributed by atoms with Crippen molar-refractivity contribution in [2.75, 3.05) is 31.5 Å². The molecule has 0 aromatic heterocycles. The van der Waals surface area contributed by atoms with E-state index >= 15 is 0 Å². The molecule has 234 valence electrons. The highest BCUT2D eigenvalue weighted by atomic mass is 16.5. The Morgan fingerprint density at radius 1 is 0.761 bits per heavy atom. The lowest BCUT2D eigenvalue weighted by Crippen LogP contribution is -2.53. The minimum atomic E-state index is -0.954. The Hall–Kier alpha value is -5.77. The van der Waals surface area contributed by atoms with Crippen molar-refractivity contribution < 1.29 is 38.2 Å². The molecular formula is C36H32N2O8. The fourth-order valence-corrected chi connectivity index (χ4v) is 5.37. The van der Waals surface area contributed by atoms with Gasteiger partial charge in [0.05, 0.1) is 42.3 Å². The summed E-state index contributed by atoms with van der Waals surface area (Å²) in [5, 5.41) is 3.19. The first-order chi connectivity index (χ1) is 21.9. The van der Waals surface area contributed by atoms with Gasteiger partial charge in [0.15, 0.2) is 0 Å². The number of hydrogen-bond acceptors (Lipinski definition) is 9. The standard InChI is InChI=1S/C36H32N2O8/c1-20-10-12-21(13-11-20)31(39)32(40)29-26(16-17-27-30(29)38(4)35(43)36(2,3)37-27)25-15-14-24(19-28(25)44-5)46-34(42)23-9-7-8-22(18-23)33(41)45-6/h7-19,37H,1-6H3. The van der Waals surface area contributed by atoms with E-state index < -0.39 is 29.0 Å². The van der Waals surface area contributed by atoms with Crippen LogP contribution in [0.25, 0.3) is 11.1 Å². The van der Waals surface area contributed by atoms with E-state index in [1.807, 2.05) is 6.92 Å². The van der Waals surface area contributed by atoms with Crippen molar-refractivity contribution in [1.29, 1.82) is 0 Å². The van der Waals surface area contributed by atoms with Crippen LogP contribution in [0, 0.1) is 6.92 Å². The number of ketones is 2. The van der Waals surface area contributed by atoms with Gasteiger partial charge >= 0.3 is 11.9 Å². The van der Waals surface area contributed by atoms with Gasteiger partial charge in [0.2, 0.25) is 11.6 Å². The summed E-state index contributed by atoms with van der Waals surface area (Å²) in [5.74, 6) is -2.78. The van der Waals surface area contributed by atoms with Gasteiger partial charge in [-0.15, -0.1) is 0 Å². The van der Waals surface area contributed by atoms with E-state index in [4.69, 9.17) is 14.2 Å². The molecule has 10 nitrogen and oxygen atoms in total. The summed E-state index contributed by atoms with van der Waals surface area (Å²) in [7, 11) is 4.23. The summed E-state index contributed by atoms with van der Waals surface area (Å²) in [6.45, 7) is 5.34. The number of fused-ring (bicyclic) bond motifs is 1. The number of rotatable bonds is 8. The number of carbonyl (C=O) groups excluding carboxylic acids is 5. The van der Waals surface area contributed by atoms with Gasteiger partial charge in [-0.2, -0.15) is 0 Å². The van der Waals surface area contributed by atoms with Crippen molar-refractivity contribution in [3.05, 3.63) is 107 Å². The van der Waals surface area contributed by atoms with Gasteiger partial charge in [-0.1, -0.05) is 42.0 Å². The lowest BCUT2D eigenvalue weighted by atomic mass is 9.87. The van der Waals surface area contributed by atoms with Crippen molar-refractivity contribution in [1.82, 2.24) is 0 Å². The topological polar surface area (TPSA) is 128 Å². The third kappa shape index (κ3) is 5.84. The number of esters is 2. The minimum absolute atomic E-state index is 0.0181. The third-order valence-corrected chi connectivity index (χ3v) is 7.74. The molecule has 1 heterocycles. The smallest absolute Gasteiger partial charge is 0.343 e. The number of ether oxygens (including phenoxy) is 3. The minimum Gasteiger partial charge on any atom is -0.496 e. The summed E-state index contributed by atoms with van der Waals surface area (Å²) in [5.41, 5.74) is 2.05. The Morgan fingerprint density at radius 3 is 2.07 bits per heavy atom. The highest BCUT2D eigenvalue weighted by molar-refractivity contribution is 6.51. The largest absolute Gasteiger partial charge is 0.496 e. The molecule has 0 bridgehead atoms. The second-order valence-corrected chi connectivity index (χ2v) is 11.3. The van der Waals surface area contributed by atoms with Crippen molar-refractivity contribution in [2.24, 2.45) is 0 Å². The maximum atomic E-state index is 14.1. The molecule has 10 heteroatoms. The highest BCUT2D eigenvalue weighted by Gasteiger charge is 2.40. The van der Waals surface area contributed by atoms with Crippen molar-refractivity contribution in [2.45, 2.75) is 26.3 Å². The van der Waals surface area contributed by atoms with Gasteiger partial charge in [0.1, 0.15) is 17.0 Å². The molecule has 0 saturated carbocycles. The van der Waals surface area contributed by atoms with Crippen molar-refractivity contribution in [3.8, 4) is 22.6 Å². The Balaban J connectivity index is 1.60.